The molecule has 0 unspecified atom stereocenters. The number of aromatic nitrogens is 1. The van der Waals surface area contributed by atoms with Crippen molar-refractivity contribution in [3.63, 3.8) is 0 Å². The second-order valence-electron chi connectivity index (χ2n) is 3.92. The largest absolute Gasteiger partial charge is 0.486 e. The standard InChI is InChI=1S/C13H15BrN2OS/c1-9-3-5-12(11(16-9)7-15-2)17-8-10-4-6-13(14)18-10/h3-6,15H,7-8H2,1-2H3. The number of thiophene rings is 1. The summed E-state index contributed by atoms with van der Waals surface area (Å²) < 4.78 is 6.95. The second-order valence-corrected chi connectivity index (χ2v) is 6.47. The van der Waals surface area contributed by atoms with E-state index in [1.54, 1.807) is 11.3 Å². The maximum Gasteiger partial charge on any atom is 0.142 e. The molecule has 3 nitrogen and oxygen atoms in total. The molecule has 0 bridgehead atoms. The lowest BCUT2D eigenvalue weighted by Gasteiger charge is -2.10. The van der Waals surface area contributed by atoms with Crippen molar-refractivity contribution in [3.8, 4) is 5.75 Å². The minimum Gasteiger partial charge on any atom is -0.486 e. The molecule has 0 aromatic carbocycles. The van der Waals surface area contributed by atoms with Crippen LogP contribution in [0.2, 0.25) is 0 Å². The van der Waals surface area contributed by atoms with E-state index in [0.717, 1.165) is 20.9 Å². The van der Waals surface area contributed by atoms with E-state index in [9.17, 15) is 0 Å². The SMILES string of the molecule is CNCc1nc(C)ccc1OCc1ccc(Br)s1. The van der Waals surface area contributed by atoms with Gasteiger partial charge in [-0.15, -0.1) is 11.3 Å². The molecule has 2 aromatic heterocycles. The van der Waals surface area contributed by atoms with Crippen LogP contribution in [0.15, 0.2) is 28.1 Å². The van der Waals surface area contributed by atoms with Crippen molar-refractivity contribution in [1.82, 2.24) is 10.3 Å². The molecule has 18 heavy (non-hydrogen) atoms. The lowest BCUT2D eigenvalue weighted by molar-refractivity contribution is 0.304. The van der Waals surface area contributed by atoms with Crippen LogP contribution in [0.5, 0.6) is 5.75 Å². The molecule has 2 aromatic rings. The quantitative estimate of drug-likeness (QED) is 0.912. The molecule has 1 N–H and O–H groups in total. The summed E-state index contributed by atoms with van der Waals surface area (Å²) in [5, 5.41) is 3.11. The third-order valence-electron chi connectivity index (χ3n) is 2.41. The Balaban J connectivity index is 2.08. The number of ether oxygens (including phenoxy) is 1. The third kappa shape index (κ3) is 3.54. The summed E-state index contributed by atoms with van der Waals surface area (Å²) in [6.45, 7) is 3.28. The van der Waals surface area contributed by atoms with Gasteiger partial charge in [-0.1, -0.05) is 0 Å². The zero-order valence-corrected chi connectivity index (χ0v) is 12.8. The molecule has 0 aliphatic heterocycles. The smallest absolute Gasteiger partial charge is 0.142 e. The zero-order valence-electron chi connectivity index (χ0n) is 10.4. The predicted molar refractivity (Wildman–Crippen MR) is 78.1 cm³/mol. The molecule has 2 heterocycles. The Morgan fingerprint density at radius 2 is 2.17 bits per heavy atom. The van der Waals surface area contributed by atoms with Crippen LogP contribution in [0.25, 0.3) is 0 Å². The van der Waals surface area contributed by atoms with E-state index in [1.165, 1.54) is 4.88 Å². The number of halogens is 1. The van der Waals surface area contributed by atoms with E-state index < -0.39 is 0 Å². The summed E-state index contributed by atoms with van der Waals surface area (Å²) in [5.74, 6) is 0.847. The highest BCUT2D eigenvalue weighted by Crippen LogP contribution is 2.24. The minimum absolute atomic E-state index is 0.581. The molecule has 0 atom stereocenters. The predicted octanol–water partition coefficient (Wildman–Crippen LogP) is 3.51. The molecular formula is C13H15BrN2OS. The van der Waals surface area contributed by atoms with Gasteiger partial charge in [0.2, 0.25) is 0 Å². The maximum atomic E-state index is 5.83. The van der Waals surface area contributed by atoms with Gasteiger partial charge in [0.1, 0.15) is 12.4 Å². The van der Waals surface area contributed by atoms with Crippen molar-refractivity contribution in [1.29, 1.82) is 0 Å². The number of hydrogen-bond acceptors (Lipinski definition) is 4. The first-order valence-corrected chi connectivity index (χ1v) is 7.28. The van der Waals surface area contributed by atoms with Crippen molar-refractivity contribution in [2.45, 2.75) is 20.1 Å². The van der Waals surface area contributed by atoms with E-state index in [-0.39, 0.29) is 0 Å². The molecule has 0 spiro atoms. The highest BCUT2D eigenvalue weighted by molar-refractivity contribution is 9.11. The van der Waals surface area contributed by atoms with Gasteiger partial charge in [0.05, 0.1) is 9.48 Å². The van der Waals surface area contributed by atoms with Crippen molar-refractivity contribution in [2.75, 3.05) is 7.05 Å². The molecule has 0 radical (unpaired) electrons. The molecule has 0 fully saturated rings. The van der Waals surface area contributed by atoms with Crippen LogP contribution in [0.1, 0.15) is 16.3 Å². The highest BCUT2D eigenvalue weighted by Gasteiger charge is 2.06. The zero-order chi connectivity index (χ0) is 13.0. The summed E-state index contributed by atoms with van der Waals surface area (Å²) >= 11 is 5.13. The molecule has 0 amide bonds. The van der Waals surface area contributed by atoms with Gasteiger partial charge >= 0.3 is 0 Å². The Labute approximate surface area is 119 Å². The van der Waals surface area contributed by atoms with Gasteiger partial charge in [-0.05, 0) is 54.2 Å². The molecule has 0 saturated carbocycles. The Morgan fingerprint density at radius 1 is 1.33 bits per heavy atom. The topological polar surface area (TPSA) is 34.2 Å². The molecule has 2 rings (SSSR count). The van der Waals surface area contributed by atoms with Crippen molar-refractivity contribution < 1.29 is 4.74 Å². The minimum atomic E-state index is 0.581. The van der Waals surface area contributed by atoms with Crippen molar-refractivity contribution >= 4 is 27.3 Å². The monoisotopic (exact) mass is 326 g/mol. The van der Waals surface area contributed by atoms with Crippen LogP contribution in [-0.4, -0.2) is 12.0 Å². The fraction of sp³-hybridized carbons (Fsp3) is 0.308. The summed E-state index contributed by atoms with van der Waals surface area (Å²) in [6, 6.07) is 8.05. The Hall–Kier alpha value is -0.910. The number of hydrogen-bond donors (Lipinski definition) is 1. The average Bonchev–Trinajstić information content (AvgIpc) is 2.75. The summed E-state index contributed by atoms with van der Waals surface area (Å²) in [4.78, 5) is 5.68. The van der Waals surface area contributed by atoms with E-state index in [0.29, 0.717) is 13.2 Å². The number of rotatable bonds is 5. The van der Waals surface area contributed by atoms with E-state index >= 15 is 0 Å². The van der Waals surface area contributed by atoms with Gasteiger partial charge in [0.15, 0.2) is 0 Å². The van der Waals surface area contributed by atoms with Gasteiger partial charge in [-0.3, -0.25) is 4.98 Å². The molecule has 0 aliphatic carbocycles. The number of pyridine rings is 1. The molecule has 0 aliphatic rings. The van der Waals surface area contributed by atoms with E-state index in [1.807, 2.05) is 32.2 Å². The van der Waals surface area contributed by atoms with Crippen molar-refractivity contribution in [3.05, 3.63) is 44.3 Å². The van der Waals surface area contributed by atoms with Gasteiger partial charge in [0.25, 0.3) is 0 Å². The third-order valence-corrected chi connectivity index (χ3v) is 4.01. The summed E-state index contributed by atoms with van der Waals surface area (Å²) in [7, 11) is 1.91. The lowest BCUT2D eigenvalue weighted by atomic mass is 10.3. The van der Waals surface area contributed by atoms with Crippen LogP contribution in [-0.2, 0) is 13.2 Å². The van der Waals surface area contributed by atoms with Crippen LogP contribution in [0.3, 0.4) is 0 Å². The van der Waals surface area contributed by atoms with Crippen molar-refractivity contribution in [2.24, 2.45) is 0 Å². The van der Waals surface area contributed by atoms with Gasteiger partial charge in [-0.25, -0.2) is 0 Å². The second kappa shape index (κ2) is 6.31. The molecule has 5 heteroatoms. The fourth-order valence-corrected chi connectivity index (χ4v) is 3.00. The van der Waals surface area contributed by atoms with Crippen LogP contribution < -0.4 is 10.1 Å². The normalized spacial score (nSPS) is 10.6. The Bertz CT molecular complexity index is 527. The molecule has 96 valence electrons. The molecule has 0 saturated heterocycles. The molecular weight excluding hydrogens is 312 g/mol. The first-order valence-electron chi connectivity index (χ1n) is 5.67. The Kier molecular flexibility index (Phi) is 4.74. The fourth-order valence-electron chi connectivity index (χ4n) is 1.60. The van der Waals surface area contributed by atoms with Crippen LogP contribution in [0, 0.1) is 6.92 Å². The van der Waals surface area contributed by atoms with Crippen LogP contribution in [0.4, 0.5) is 0 Å². The maximum absolute atomic E-state index is 5.83. The first-order chi connectivity index (χ1) is 8.69. The number of nitrogens with one attached hydrogen (secondary N) is 1. The van der Waals surface area contributed by atoms with Gasteiger partial charge in [0, 0.05) is 17.1 Å². The van der Waals surface area contributed by atoms with Gasteiger partial charge in [-0.2, -0.15) is 0 Å². The van der Waals surface area contributed by atoms with Gasteiger partial charge < -0.3 is 10.1 Å². The Morgan fingerprint density at radius 3 is 2.83 bits per heavy atom. The summed E-state index contributed by atoms with van der Waals surface area (Å²) in [6.07, 6.45) is 0. The van der Waals surface area contributed by atoms with E-state index in [2.05, 4.69) is 32.3 Å². The van der Waals surface area contributed by atoms with E-state index in [4.69, 9.17) is 4.74 Å². The first kappa shape index (κ1) is 13.5. The number of nitrogens with zero attached hydrogens (tertiary/aromatic N) is 1. The van der Waals surface area contributed by atoms with Crippen LogP contribution >= 0.6 is 27.3 Å². The summed E-state index contributed by atoms with van der Waals surface area (Å²) in [5.41, 5.74) is 1.96. The highest BCUT2D eigenvalue weighted by atomic mass is 79.9. The average molecular weight is 327 g/mol. The number of aryl methyl sites for hydroxylation is 1. The lowest BCUT2D eigenvalue weighted by Crippen LogP contribution is -2.10.